The molecule has 1 aliphatic rings. The second kappa shape index (κ2) is 6.79. The van der Waals surface area contributed by atoms with Gasteiger partial charge in [0.05, 0.1) is 13.2 Å². The van der Waals surface area contributed by atoms with Crippen LogP contribution in [0.2, 0.25) is 0 Å². The summed E-state index contributed by atoms with van der Waals surface area (Å²) in [5.74, 6) is 0. The van der Waals surface area contributed by atoms with E-state index in [0.717, 1.165) is 5.56 Å². The Morgan fingerprint density at radius 2 is 1.78 bits per heavy atom. The van der Waals surface area contributed by atoms with Crippen LogP contribution in [-0.2, 0) is 16.1 Å². The molecule has 0 aliphatic carbocycles. The van der Waals surface area contributed by atoms with Gasteiger partial charge < -0.3 is 30.3 Å². The molecule has 0 spiro atoms. The number of hydrogen-bond acceptors (Lipinski definition) is 5. The van der Waals surface area contributed by atoms with E-state index in [-0.39, 0.29) is 18.7 Å². The minimum Gasteiger partial charge on any atom is -0.412 e. The fraction of sp³-hybridized carbons (Fsp3) is 0.500. The van der Waals surface area contributed by atoms with Crippen molar-refractivity contribution in [1.82, 2.24) is 0 Å². The first-order chi connectivity index (χ1) is 8.18. The number of benzene rings is 1. The van der Waals surface area contributed by atoms with Crippen LogP contribution in [0.25, 0.3) is 0 Å². The fourth-order valence-corrected chi connectivity index (χ4v) is 1.68. The predicted octanol–water partition coefficient (Wildman–Crippen LogP) is -1.18. The molecular weight excluding hydrogens is 240 g/mol. The van der Waals surface area contributed by atoms with Crippen LogP contribution in [0, 0.1) is 0 Å². The molecule has 18 heavy (non-hydrogen) atoms. The molecule has 0 aromatic heterocycles. The third-order valence-corrected chi connectivity index (χ3v) is 2.71. The lowest BCUT2D eigenvalue weighted by Crippen LogP contribution is -2.53. The number of ether oxygens (including phenoxy) is 2. The van der Waals surface area contributed by atoms with E-state index >= 15 is 0 Å². The summed E-state index contributed by atoms with van der Waals surface area (Å²) in [5, 5.41) is 28.3. The summed E-state index contributed by atoms with van der Waals surface area (Å²) in [5.41, 5.74) is 0.948. The monoisotopic (exact) mass is 258 g/mol. The molecule has 2 rings (SSSR count). The smallest absolute Gasteiger partial charge is 0.186 e. The SMILES string of the molecule is O.O[C@H]1[C@H](O)COC(OCc2ccccc2)[C@@H]1O. The molecule has 102 valence electrons. The van der Waals surface area contributed by atoms with Crippen molar-refractivity contribution in [2.24, 2.45) is 0 Å². The highest BCUT2D eigenvalue weighted by atomic mass is 16.7. The predicted molar refractivity (Wildman–Crippen MR) is 62.6 cm³/mol. The molecule has 1 saturated heterocycles. The highest BCUT2D eigenvalue weighted by Gasteiger charge is 2.38. The van der Waals surface area contributed by atoms with Crippen molar-refractivity contribution in [2.45, 2.75) is 31.2 Å². The molecule has 6 heteroatoms. The van der Waals surface area contributed by atoms with Crippen molar-refractivity contribution in [3.8, 4) is 0 Å². The van der Waals surface area contributed by atoms with E-state index in [9.17, 15) is 15.3 Å². The van der Waals surface area contributed by atoms with E-state index in [1.165, 1.54) is 0 Å². The van der Waals surface area contributed by atoms with Gasteiger partial charge in [-0.3, -0.25) is 0 Å². The normalized spacial score (nSPS) is 31.7. The highest BCUT2D eigenvalue weighted by molar-refractivity contribution is 5.13. The molecule has 1 aliphatic heterocycles. The maximum absolute atomic E-state index is 9.63. The summed E-state index contributed by atoms with van der Waals surface area (Å²) >= 11 is 0. The van der Waals surface area contributed by atoms with Gasteiger partial charge in [-0.05, 0) is 5.56 Å². The van der Waals surface area contributed by atoms with Crippen LogP contribution in [0.3, 0.4) is 0 Å². The summed E-state index contributed by atoms with van der Waals surface area (Å²) in [4.78, 5) is 0. The summed E-state index contributed by atoms with van der Waals surface area (Å²) in [7, 11) is 0. The summed E-state index contributed by atoms with van der Waals surface area (Å²) in [6.45, 7) is 0.239. The molecule has 0 amide bonds. The van der Waals surface area contributed by atoms with Gasteiger partial charge in [-0.25, -0.2) is 0 Å². The van der Waals surface area contributed by atoms with E-state index in [1.54, 1.807) is 0 Å². The van der Waals surface area contributed by atoms with E-state index in [1.807, 2.05) is 30.3 Å². The van der Waals surface area contributed by atoms with Gasteiger partial charge in [0, 0.05) is 0 Å². The Kier molecular flexibility index (Phi) is 5.67. The maximum Gasteiger partial charge on any atom is 0.186 e. The van der Waals surface area contributed by atoms with Gasteiger partial charge >= 0.3 is 0 Å². The van der Waals surface area contributed by atoms with Crippen LogP contribution >= 0.6 is 0 Å². The topological polar surface area (TPSA) is 111 Å². The second-order valence-electron chi connectivity index (χ2n) is 4.05. The number of aliphatic hydroxyl groups excluding tert-OH is 3. The third-order valence-electron chi connectivity index (χ3n) is 2.71. The van der Waals surface area contributed by atoms with Crippen molar-refractivity contribution in [3.05, 3.63) is 35.9 Å². The first-order valence-electron chi connectivity index (χ1n) is 5.50. The molecule has 1 unspecified atom stereocenters. The van der Waals surface area contributed by atoms with Crippen molar-refractivity contribution in [1.29, 1.82) is 0 Å². The van der Waals surface area contributed by atoms with Crippen molar-refractivity contribution in [3.63, 3.8) is 0 Å². The second-order valence-corrected chi connectivity index (χ2v) is 4.05. The molecule has 1 fully saturated rings. The maximum atomic E-state index is 9.63. The van der Waals surface area contributed by atoms with Crippen LogP contribution in [0.15, 0.2) is 30.3 Å². The van der Waals surface area contributed by atoms with Gasteiger partial charge in [-0.15, -0.1) is 0 Å². The third kappa shape index (κ3) is 3.49. The lowest BCUT2D eigenvalue weighted by atomic mass is 10.1. The van der Waals surface area contributed by atoms with Crippen LogP contribution in [-0.4, -0.2) is 52.0 Å². The quantitative estimate of drug-likeness (QED) is 0.632. The first-order valence-corrected chi connectivity index (χ1v) is 5.50. The average molecular weight is 258 g/mol. The summed E-state index contributed by atoms with van der Waals surface area (Å²) in [6.07, 6.45) is -4.44. The molecule has 0 radical (unpaired) electrons. The Morgan fingerprint density at radius 3 is 2.44 bits per heavy atom. The van der Waals surface area contributed by atoms with E-state index in [0.29, 0.717) is 0 Å². The van der Waals surface area contributed by atoms with Gasteiger partial charge in [0.2, 0.25) is 0 Å². The van der Waals surface area contributed by atoms with E-state index in [2.05, 4.69) is 0 Å². The molecular formula is C12H18O6. The molecule has 5 N–H and O–H groups in total. The standard InChI is InChI=1S/C12H16O5.H2O/c13-9-7-17-12(11(15)10(9)14)16-6-8-4-2-1-3-5-8;/h1-5,9-15H,6-7H2;1H2/t9-,10+,11-,12?;/m1./s1. The van der Waals surface area contributed by atoms with Gasteiger partial charge in [0.15, 0.2) is 6.29 Å². The van der Waals surface area contributed by atoms with Crippen LogP contribution < -0.4 is 0 Å². The highest BCUT2D eigenvalue weighted by Crippen LogP contribution is 2.17. The van der Waals surface area contributed by atoms with Gasteiger partial charge in [0.1, 0.15) is 18.3 Å². The molecule has 1 aromatic carbocycles. The Morgan fingerprint density at radius 1 is 1.11 bits per heavy atom. The van der Waals surface area contributed by atoms with E-state index < -0.39 is 24.6 Å². The molecule has 1 aromatic rings. The Hall–Kier alpha value is -1.02. The fourth-order valence-electron chi connectivity index (χ4n) is 1.68. The van der Waals surface area contributed by atoms with Gasteiger partial charge in [-0.1, -0.05) is 30.3 Å². The molecule has 6 nitrogen and oxygen atoms in total. The molecule has 0 bridgehead atoms. The Bertz CT molecular complexity index is 344. The molecule has 4 atom stereocenters. The van der Waals surface area contributed by atoms with Crippen LogP contribution in [0.4, 0.5) is 0 Å². The first kappa shape index (κ1) is 15.0. The number of hydrogen-bond donors (Lipinski definition) is 3. The lowest BCUT2D eigenvalue weighted by molar-refractivity contribution is -0.273. The Balaban J connectivity index is 0.00000162. The van der Waals surface area contributed by atoms with Crippen LogP contribution in [0.1, 0.15) is 5.56 Å². The zero-order chi connectivity index (χ0) is 12.3. The minimum atomic E-state index is -1.23. The van der Waals surface area contributed by atoms with Gasteiger partial charge in [-0.2, -0.15) is 0 Å². The van der Waals surface area contributed by atoms with Crippen LogP contribution in [0.5, 0.6) is 0 Å². The summed E-state index contributed by atoms with van der Waals surface area (Å²) < 4.78 is 10.5. The van der Waals surface area contributed by atoms with Crippen molar-refractivity contribution < 1.29 is 30.3 Å². The van der Waals surface area contributed by atoms with E-state index in [4.69, 9.17) is 9.47 Å². The molecule has 1 heterocycles. The minimum absolute atomic E-state index is 0. The Labute approximate surface area is 105 Å². The van der Waals surface area contributed by atoms with Crippen molar-refractivity contribution in [2.75, 3.05) is 6.61 Å². The lowest BCUT2D eigenvalue weighted by Gasteiger charge is -2.34. The zero-order valence-corrected chi connectivity index (χ0v) is 9.77. The summed E-state index contributed by atoms with van der Waals surface area (Å²) in [6, 6.07) is 9.45. The molecule has 0 saturated carbocycles. The zero-order valence-electron chi connectivity index (χ0n) is 9.77. The van der Waals surface area contributed by atoms with Gasteiger partial charge in [0.25, 0.3) is 0 Å². The average Bonchev–Trinajstić information content (AvgIpc) is 2.36. The number of rotatable bonds is 3. The number of aliphatic hydroxyl groups is 3. The van der Waals surface area contributed by atoms with Crippen molar-refractivity contribution >= 4 is 0 Å². The largest absolute Gasteiger partial charge is 0.412 e.